The third kappa shape index (κ3) is 4.28. The molecule has 0 aromatic heterocycles. The predicted molar refractivity (Wildman–Crippen MR) is 76.9 cm³/mol. The van der Waals surface area contributed by atoms with Gasteiger partial charge in [0.05, 0.1) is 4.90 Å². The molecule has 96 valence electrons. The van der Waals surface area contributed by atoms with E-state index in [1.807, 2.05) is 13.2 Å². The normalized spacial score (nSPS) is 13.6. The molecule has 0 saturated carbocycles. The second kappa shape index (κ2) is 6.78. The molecule has 0 heterocycles. The van der Waals surface area contributed by atoms with Crippen LogP contribution in [0.3, 0.4) is 0 Å². The summed E-state index contributed by atoms with van der Waals surface area (Å²) in [6.45, 7) is 1.98. The van der Waals surface area contributed by atoms with E-state index in [9.17, 15) is 8.42 Å². The topological polar surface area (TPSA) is 46.2 Å². The summed E-state index contributed by atoms with van der Waals surface area (Å²) in [6.07, 6.45) is 2.75. The van der Waals surface area contributed by atoms with Crippen LogP contribution < -0.4 is 4.72 Å². The van der Waals surface area contributed by atoms with Gasteiger partial charge in [0.15, 0.2) is 0 Å². The Balaban J connectivity index is 2.92. The number of hydrogen-bond acceptors (Lipinski definition) is 3. The zero-order chi connectivity index (χ0) is 12.9. The van der Waals surface area contributed by atoms with E-state index >= 15 is 0 Å². The molecule has 0 bridgehead atoms. The van der Waals surface area contributed by atoms with Crippen LogP contribution >= 0.6 is 27.7 Å². The van der Waals surface area contributed by atoms with Gasteiger partial charge in [0, 0.05) is 16.3 Å². The van der Waals surface area contributed by atoms with Gasteiger partial charge < -0.3 is 0 Å². The Morgan fingerprint density at radius 2 is 2.06 bits per heavy atom. The zero-order valence-electron chi connectivity index (χ0n) is 9.81. The predicted octanol–water partition coefficient (Wildman–Crippen LogP) is 2.87. The maximum absolute atomic E-state index is 12.1. The van der Waals surface area contributed by atoms with Crippen LogP contribution in [0, 0.1) is 0 Å². The van der Waals surface area contributed by atoms with Gasteiger partial charge in [-0.15, -0.1) is 0 Å². The standard InChI is InChI=1S/C11H16BrNO2S2/c1-3-9(8-16-2)13-17(14,15)11-7-5-4-6-10(11)12/h4-7,9,13H,3,8H2,1-2H3. The molecule has 0 aliphatic heterocycles. The lowest BCUT2D eigenvalue weighted by molar-refractivity contribution is 0.558. The first-order valence-corrected chi connectivity index (χ1v) is 8.94. The van der Waals surface area contributed by atoms with Gasteiger partial charge in [-0.05, 0) is 40.7 Å². The Morgan fingerprint density at radius 3 is 2.59 bits per heavy atom. The van der Waals surface area contributed by atoms with E-state index in [0.29, 0.717) is 9.37 Å². The molecule has 1 aromatic rings. The monoisotopic (exact) mass is 337 g/mol. The third-order valence-corrected chi connectivity index (χ3v) is 5.58. The lowest BCUT2D eigenvalue weighted by atomic mass is 10.3. The molecule has 0 amide bonds. The molecule has 0 fully saturated rings. The lowest BCUT2D eigenvalue weighted by Crippen LogP contribution is -2.36. The maximum Gasteiger partial charge on any atom is 0.241 e. The number of benzene rings is 1. The molecule has 17 heavy (non-hydrogen) atoms. The van der Waals surface area contributed by atoms with Gasteiger partial charge in [-0.3, -0.25) is 0 Å². The molecular formula is C11H16BrNO2S2. The van der Waals surface area contributed by atoms with E-state index in [0.717, 1.165) is 12.2 Å². The fraction of sp³-hybridized carbons (Fsp3) is 0.455. The summed E-state index contributed by atoms with van der Waals surface area (Å²) >= 11 is 4.89. The van der Waals surface area contributed by atoms with Gasteiger partial charge in [-0.1, -0.05) is 19.1 Å². The van der Waals surface area contributed by atoms with Crippen molar-refractivity contribution in [2.75, 3.05) is 12.0 Å². The van der Waals surface area contributed by atoms with Crippen LogP contribution in [0.5, 0.6) is 0 Å². The van der Waals surface area contributed by atoms with E-state index in [1.165, 1.54) is 0 Å². The third-order valence-electron chi connectivity index (χ3n) is 2.31. The van der Waals surface area contributed by atoms with Crippen LogP contribution in [-0.4, -0.2) is 26.5 Å². The van der Waals surface area contributed by atoms with Crippen molar-refractivity contribution >= 4 is 37.7 Å². The van der Waals surface area contributed by atoms with Gasteiger partial charge in [-0.25, -0.2) is 13.1 Å². The minimum atomic E-state index is -3.43. The van der Waals surface area contributed by atoms with E-state index in [2.05, 4.69) is 20.7 Å². The van der Waals surface area contributed by atoms with Gasteiger partial charge in [0.2, 0.25) is 10.0 Å². The van der Waals surface area contributed by atoms with Crippen molar-refractivity contribution in [1.82, 2.24) is 4.72 Å². The molecule has 1 N–H and O–H groups in total. The number of nitrogens with one attached hydrogen (secondary N) is 1. The molecule has 3 nitrogen and oxygen atoms in total. The van der Waals surface area contributed by atoms with E-state index in [-0.39, 0.29) is 6.04 Å². The minimum absolute atomic E-state index is 0.0258. The number of halogens is 1. The van der Waals surface area contributed by atoms with Crippen LogP contribution in [0.25, 0.3) is 0 Å². The van der Waals surface area contributed by atoms with Gasteiger partial charge in [0.1, 0.15) is 0 Å². The van der Waals surface area contributed by atoms with Gasteiger partial charge in [0.25, 0.3) is 0 Å². The summed E-state index contributed by atoms with van der Waals surface area (Å²) < 4.78 is 27.6. The summed E-state index contributed by atoms with van der Waals surface area (Å²) in [4.78, 5) is 0.291. The summed E-state index contributed by atoms with van der Waals surface area (Å²) in [5.74, 6) is 0.778. The van der Waals surface area contributed by atoms with Crippen molar-refractivity contribution in [3.63, 3.8) is 0 Å². The van der Waals surface area contributed by atoms with Gasteiger partial charge in [-0.2, -0.15) is 11.8 Å². The second-order valence-electron chi connectivity index (χ2n) is 3.61. The quantitative estimate of drug-likeness (QED) is 0.868. The van der Waals surface area contributed by atoms with Crippen LogP contribution in [0.4, 0.5) is 0 Å². The maximum atomic E-state index is 12.1. The van der Waals surface area contributed by atoms with E-state index in [1.54, 1.807) is 36.0 Å². The minimum Gasteiger partial charge on any atom is -0.207 e. The van der Waals surface area contributed by atoms with Crippen molar-refractivity contribution in [3.8, 4) is 0 Å². The zero-order valence-corrected chi connectivity index (χ0v) is 13.0. The van der Waals surface area contributed by atoms with Crippen molar-refractivity contribution in [2.45, 2.75) is 24.3 Å². The van der Waals surface area contributed by atoms with Crippen molar-refractivity contribution in [3.05, 3.63) is 28.7 Å². The van der Waals surface area contributed by atoms with Crippen molar-refractivity contribution < 1.29 is 8.42 Å². The smallest absolute Gasteiger partial charge is 0.207 e. The summed E-state index contributed by atoms with van der Waals surface area (Å²) in [6, 6.07) is 6.81. The van der Waals surface area contributed by atoms with Crippen LogP contribution in [0.1, 0.15) is 13.3 Å². The molecule has 0 spiro atoms. The first kappa shape index (κ1) is 15.0. The fourth-order valence-electron chi connectivity index (χ4n) is 1.38. The average molecular weight is 338 g/mol. The fourth-order valence-corrected chi connectivity index (χ4v) is 4.53. The van der Waals surface area contributed by atoms with Crippen LogP contribution in [0.2, 0.25) is 0 Å². The summed E-state index contributed by atoms with van der Waals surface area (Å²) in [7, 11) is -3.43. The highest BCUT2D eigenvalue weighted by atomic mass is 79.9. The Labute approximate surface area is 116 Å². The molecule has 0 aliphatic carbocycles. The van der Waals surface area contributed by atoms with E-state index in [4.69, 9.17) is 0 Å². The van der Waals surface area contributed by atoms with E-state index < -0.39 is 10.0 Å². The summed E-state index contributed by atoms with van der Waals surface area (Å²) in [5, 5.41) is 0. The number of sulfonamides is 1. The highest BCUT2D eigenvalue weighted by Crippen LogP contribution is 2.21. The van der Waals surface area contributed by atoms with Crippen LogP contribution in [0.15, 0.2) is 33.6 Å². The number of hydrogen-bond donors (Lipinski definition) is 1. The molecule has 1 rings (SSSR count). The summed E-state index contributed by atoms with van der Waals surface area (Å²) in [5.41, 5.74) is 0. The highest BCUT2D eigenvalue weighted by molar-refractivity contribution is 9.10. The molecule has 1 atom stereocenters. The SMILES string of the molecule is CCC(CSC)NS(=O)(=O)c1ccccc1Br. The molecule has 0 aliphatic rings. The Morgan fingerprint density at radius 1 is 1.41 bits per heavy atom. The molecule has 0 radical (unpaired) electrons. The largest absolute Gasteiger partial charge is 0.241 e. The van der Waals surface area contributed by atoms with Gasteiger partial charge >= 0.3 is 0 Å². The first-order chi connectivity index (χ1) is 8.01. The molecule has 1 unspecified atom stereocenters. The highest BCUT2D eigenvalue weighted by Gasteiger charge is 2.20. The lowest BCUT2D eigenvalue weighted by Gasteiger charge is -2.16. The Hall–Kier alpha value is -0.0400. The molecule has 6 heteroatoms. The Bertz CT molecular complexity index is 462. The molecule has 1 aromatic carbocycles. The molecule has 0 saturated heterocycles. The van der Waals surface area contributed by atoms with Crippen molar-refractivity contribution in [1.29, 1.82) is 0 Å². The first-order valence-electron chi connectivity index (χ1n) is 5.27. The Kier molecular flexibility index (Phi) is 5.99. The second-order valence-corrected chi connectivity index (χ2v) is 7.06. The molecular weight excluding hydrogens is 322 g/mol. The number of rotatable bonds is 6. The van der Waals surface area contributed by atoms with Crippen LogP contribution in [-0.2, 0) is 10.0 Å². The average Bonchev–Trinajstić information content (AvgIpc) is 2.28. The van der Waals surface area contributed by atoms with Crippen molar-refractivity contribution in [2.24, 2.45) is 0 Å². The number of thioether (sulfide) groups is 1.